The fraction of sp³-hybridized carbons (Fsp3) is 0.562. The molecule has 1 aliphatic rings. The minimum atomic E-state index is -0.106. The van der Waals surface area contributed by atoms with E-state index < -0.39 is 0 Å². The van der Waals surface area contributed by atoms with E-state index in [1.54, 1.807) is 19.2 Å². The first-order valence-corrected chi connectivity index (χ1v) is 7.33. The van der Waals surface area contributed by atoms with E-state index >= 15 is 0 Å². The molecule has 1 heterocycles. The molecule has 1 fully saturated rings. The third-order valence-electron chi connectivity index (χ3n) is 3.37. The van der Waals surface area contributed by atoms with Crippen LogP contribution in [0.3, 0.4) is 0 Å². The van der Waals surface area contributed by atoms with Gasteiger partial charge in [-0.15, -0.1) is 0 Å². The van der Waals surface area contributed by atoms with Crippen molar-refractivity contribution in [3.63, 3.8) is 0 Å². The standard InChI is InChI=1S/C16H23NO4/c1-12(10-19-2)17-16(18)13-5-7-14(8-6-13)21-11-15-4-3-9-20-15/h5-8,12,15H,3-4,9-11H2,1-2H3,(H,17,18)/t12-,15+/m1/s1. The quantitative estimate of drug-likeness (QED) is 0.835. The summed E-state index contributed by atoms with van der Waals surface area (Å²) in [5, 5.41) is 2.87. The number of hydrogen-bond donors (Lipinski definition) is 1. The van der Waals surface area contributed by atoms with Crippen molar-refractivity contribution in [3.05, 3.63) is 29.8 Å². The molecule has 2 rings (SSSR count). The summed E-state index contributed by atoms with van der Waals surface area (Å²) in [6, 6.07) is 7.13. The number of ether oxygens (including phenoxy) is 3. The molecule has 1 aromatic rings. The van der Waals surface area contributed by atoms with Crippen molar-refractivity contribution in [1.29, 1.82) is 0 Å². The summed E-state index contributed by atoms with van der Waals surface area (Å²) < 4.78 is 16.2. The highest BCUT2D eigenvalue weighted by Crippen LogP contribution is 2.16. The summed E-state index contributed by atoms with van der Waals surface area (Å²) in [6.07, 6.45) is 2.35. The second-order valence-corrected chi connectivity index (χ2v) is 5.30. The third-order valence-corrected chi connectivity index (χ3v) is 3.37. The van der Waals surface area contributed by atoms with Gasteiger partial charge in [-0.25, -0.2) is 0 Å². The number of rotatable bonds is 7. The molecule has 1 N–H and O–H groups in total. The Morgan fingerprint density at radius 2 is 2.19 bits per heavy atom. The Morgan fingerprint density at radius 1 is 1.43 bits per heavy atom. The molecule has 1 aromatic carbocycles. The first-order chi connectivity index (χ1) is 10.2. The van der Waals surface area contributed by atoms with E-state index in [2.05, 4.69) is 5.32 Å². The second kappa shape index (κ2) is 8.00. The van der Waals surface area contributed by atoms with Gasteiger partial charge in [0, 0.05) is 25.3 Å². The molecule has 5 nitrogen and oxygen atoms in total. The summed E-state index contributed by atoms with van der Waals surface area (Å²) in [7, 11) is 1.61. The monoisotopic (exact) mass is 293 g/mol. The van der Waals surface area contributed by atoms with Gasteiger partial charge < -0.3 is 19.5 Å². The zero-order valence-corrected chi connectivity index (χ0v) is 12.6. The van der Waals surface area contributed by atoms with E-state index in [0.717, 1.165) is 25.2 Å². The molecule has 21 heavy (non-hydrogen) atoms. The van der Waals surface area contributed by atoms with Crippen LogP contribution in [0.5, 0.6) is 5.75 Å². The Morgan fingerprint density at radius 3 is 2.81 bits per heavy atom. The Labute approximate surface area is 125 Å². The Hall–Kier alpha value is -1.59. The van der Waals surface area contributed by atoms with Crippen LogP contribution in [-0.4, -0.2) is 45.0 Å². The summed E-state index contributed by atoms with van der Waals surface area (Å²) in [5.41, 5.74) is 0.613. The van der Waals surface area contributed by atoms with Crippen LogP contribution in [0.25, 0.3) is 0 Å². The second-order valence-electron chi connectivity index (χ2n) is 5.30. The van der Waals surface area contributed by atoms with Crippen LogP contribution in [0.2, 0.25) is 0 Å². The van der Waals surface area contributed by atoms with Crippen LogP contribution in [0.1, 0.15) is 30.1 Å². The molecular formula is C16H23NO4. The van der Waals surface area contributed by atoms with Gasteiger partial charge >= 0.3 is 0 Å². The normalized spacial score (nSPS) is 19.2. The van der Waals surface area contributed by atoms with Crippen molar-refractivity contribution in [3.8, 4) is 5.75 Å². The van der Waals surface area contributed by atoms with E-state index in [1.165, 1.54) is 0 Å². The maximum Gasteiger partial charge on any atom is 0.251 e. The van der Waals surface area contributed by atoms with Gasteiger partial charge in [0.1, 0.15) is 12.4 Å². The van der Waals surface area contributed by atoms with Crippen molar-refractivity contribution in [1.82, 2.24) is 5.32 Å². The molecule has 0 spiro atoms. The van der Waals surface area contributed by atoms with Crippen LogP contribution in [-0.2, 0) is 9.47 Å². The number of methoxy groups -OCH3 is 1. The average Bonchev–Trinajstić information content (AvgIpc) is 2.99. The maximum atomic E-state index is 12.0. The van der Waals surface area contributed by atoms with Gasteiger partial charge in [0.15, 0.2) is 0 Å². The van der Waals surface area contributed by atoms with Crippen molar-refractivity contribution in [2.24, 2.45) is 0 Å². The fourth-order valence-corrected chi connectivity index (χ4v) is 2.27. The molecule has 0 radical (unpaired) electrons. The zero-order valence-electron chi connectivity index (χ0n) is 12.6. The highest BCUT2D eigenvalue weighted by atomic mass is 16.5. The molecule has 0 bridgehead atoms. The van der Waals surface area contributed by atoms with Gasteiger partial charge in [0.05, 0.1) is 12.7 Å². The number of nitrogens with one attached hydrogen (secondary N) is 1. The fourth-order valence-electron chi connectivity index (χ4n) is 2.27. The molecule has 0 unspecified atom stereocenters. The van der Waals surface area contributed by atoms with E-state index in [0.29, 0.717) is 18.8 Å². The van der Waals surface area contributed by atoms with Gasteiger partial charge in [-0.1, -0.05) is 0 Å². The summed E-state index contributed by atoms with van der Waals surface area (Å²) in [4.78, 5) is 12.0. The van der Waals surface area contributed by atoms with Crippen molar-refractivity contribution in [2.75, 3.05) is 26.9 Å². The molecule has 116 valence electrons. The Bertz CT molecular complexity index is 440. The van der Waals surface area contributed by atoms with Gasteiger partial charge in [-0.05, 0) is 44.0 Å². The number of hydrogen-bond acceptors (Lipinski definition) is 4. The van der Waals surface area contributed by atoms with E-state index in [4.69, 9.17) is 14.2 Å². The third kappa shape index (κ3) is 5.02. The zero-order chi connectivity index (χ0) is 15.1. The number of carbonyl (C=O) groups excluding carboxylic acids is 1. The summed E-state index contributed by atoms with van der Waals surface area (Å²) in [5.74, 6) is 0.650. The van der Waals surface area contributed by atoms with Crippen LogP contribution in [0.4, 0.5) is 0 Å². The van der Waals surface area contributed by atoms with Gasteiger partial charge in [0.2, 0.25) is 0 Å². The highest BCUT2D eigenvalue weighted by Gasteiger charge is 2.16. The topological polar surface area (TPSA) is 56.8 Å². The summed E-state index contributed by atoms with van der Waals surface area (Å²) >= 11 is 0. The highest BCUT2D eigenvalue weighted by molar-refractivity contribution is 5.94. The van der Waals surface area contributed by atoms with E-state index in [9.17, 15) is 4.79 Å². The van der Waals surface area contributed by atoms with Crippen LogP contribution >= 0.6 is 0 Å². The predicted octanol–water partition coefficient (Wildman–Crippen LogP) is 2.01. The minimum Gasteiger partial charge on any atom is -0.491 e. The maximum absolute atomic E-state index is 12.0. The smallest absolute Gasteiger partial charge is 0.251 e. The summed E-state index contributed by atoms with van der Waals surface area (Å²) in [6.45, 7) is 3.79. The lowest BCUT2D eigenvalue weighted by Gasteiger charge is -2.14. The largest absolute Gasteiger partial charge is 0.491 e. The lowest BCUT2D eigenvalue weighted by Crippen LogP contribution is -2.35. The molecule has 0 aliphatic carbocycles. The first-order valence-electron chi connectivity index (χ1n) is 7.33. The average molecular weight is 293 g/mol. The van der Waals surface area contributed by atoms with E-state index in [-0.39, 0.29) is 18.1 Å². The molecule has 0 saturated carbocycles. The lowest BCUT2D eigenvalue weighted by molar-refractivity contribution is 0.0679. The van der Waals surface area contributed by atoms with Crippen LogP contribution < -0.4 is 10.1 Å². The Kier molecular flexibility index (Phi) is 6.02. The molecule has 1 saturated heterocycles. The number of amides is 1. The molecule has 5 heteroatoms. The van der Waals surface area contributed by atoms with Gasteiger partial charge in [-0.2, -0.15) is 0 Å². The van der Waals surface area contributed by atoms with Gasteiger partial charge in [-0.3, -0.25) is 4.79 Å². The lowest BCUT2D eigenvalue weighted by atomic mass is 10.2. The first kappa shape index (κ1) is 15.8. The van der Waals surface area contributed by atoms with Crippen molar-refractivity contribution >= 4 is 5.91 Å². The number of benzene rings is 1. The molecule has 1 aliphatic heterocycles. The van der Waals surface area contributed by atoms with Gasteiger partial charge in [0.25, 0.3) is 5.91 Å². The SMILES string of the molecule is COC[C@@H](C)NC(=O)c1ccc(OC[C@@H]2CCCO2)cc1. The minimum absolute atomic E-state index is 0.0158. The molecule has 1 amide bonds. The van der Waals surface area contributed by atoms with Crippen molar-refractivity contribution < 1.29 is 19.0 Å². The van der Waals surface area contributed by atoms with Crippen LogP contribution in [0, 0.1) is 0 Å². The molecular weight excluding hydrogens is 270 g/mol. The predicted molar refractivity (Wildman–Crippen MR) is 79.7 cm³/mol. The van der Waals surface area contributed by atoms with E-state index in [1.807, 2.05) is 19.1 Å². The number of carbonyl (C=O) groups is 1. The Balaban J connectivity index is 1.81. The molecule has 0 aromatic heterocycles. The van der Waals surface area contributed by atoms with Crippen LogP contribution in [0.15, 0.2) is 24.3 Å². The van der Waals surface area contributed by atoms with Crippen molar-refractivity contribution in [2.45, 2.75) is 31.9 Å². The molecule has 2 atom stereocenters.